The molecule has 2 aromatic carbocycles. The number of ether oxygens (including phenoxy) is 3. The van der Waals surface area contributed by atoms with E-state index in [1.807, 2.05) is 43.3 Å². The van der Waals surface area contributed by atoms with Gasteiger partial charge in [0.25, 0.3) is 5.91 Å². The molecule has 1 heterocycles. The molecule has 1 N–H and O–H groups in total. The zero-order valence-electron chi connectivity index (χ0n) is 18.0. The summed E-state index contributed by atoms with van der Waals surface area (Å²) in [4.78, 5) is 26.9. The maximum absolute atomic E-state index is 13.0. The van der Waals surface area contributed by atoms with E-state index < -0.39 is 0 Å². The van der Waals surface area contributed by atoms with Gasteiger partial charge in [-0.2, -0.15) is 0 Å². The van der Waals surface area contributed by atoms with E-state index in [1.165, 1.54) is 4.90 Å². The maximum atomic E-state index is 13.0. The Morgan fingerprint density at radius 3 is 2.68 bits per heavy atom. The Kier molecular flexibility index (Phi) is 8.58. The van der Waals surface area contributed by atoms with Crippen molar-refractivity contribution in [2.75, 3.05) is 32.9 Å². The quantitative estimate of drug-likeness (QED) is 0.795. The minimum atomic E-state index is -0.276. The number of hydrogen-bond acceptors (Lipinski definition) is 5. The molecule has 0 saturated heterocycles. The van der Waals surface area contributed by atoms with Gasteiger partial charge in [-0.05, 0) is 44.4 Å². The summed E-state index contributed by atoms with van der Waals surface area (Å²) in [5.74, 6) is 1.42. The van der Waals surface area contributed by atoms with Gasteiger partial charge in [0.15, 0.2) is 18.1 Å². The van der Waals surface area contributed by atoms with E-state index in [4.69, 9.17) is 14.2 Å². The summed E-state index contributed by atoms with van der Waals surface area (Å²) in [6.07, 6.45) is 2.68. The zero-order valence-corrected chi connectivity index (χ0v) is 18.0. The van der Waals surface area contributed by atoms with Crippen LogP contribution in [-0.4, -0.2) is 49.6 Å². The van der Waals surface area contributed by atoms with Crippen LogP contribution in [0.3, 0.4) is 0 Å². The maximum Gasteiger partial charge on any atom is 0.261 e. The lowest BCUT2D eigenvalue weighted by molar-refractivity contribution is -0.138. The first-order chi connectivity index (χ1) is 15.2. The number of rotatable bonds is 5. The molecular weight excluding hydrogens is 396 g/mol. The van der Waals surface area contributed by atoms with Crippen LogP contribution in [0.25, 0.3) is 0 Å². The molecule has 1 aliphatic heterocycles. The van der Waals surface area contributed by atoms with E-state index in [9.17, 15) is 9.59 Å². The molecule has 0 fully saturated rings. The highest BCUT2D eigenvalue weighted by Gasteiger charge is 2.22. The molecule has 0 radical (unpaired) electrons. The molecule has 166 valence electrons. The normalized spacial score (nSPS) is 15.3. The summed E-state index contributed by atoms with van der Waals surface area (Å²) in [6.45, 7) is 3.58. The number of nitrogens with zero attached hydrogens (tertiary/aromatic N) is 1. The Bertz CT molecular complexity index is 856. The second-order valence-corrected chi connectivity index (χ2v) is 7.29. The van der Waals surface area contributed by atoms with Crippen molar-refractivity contribution in [2.24, 2.45) is 0 Å². The zero-order chi connectivity index (χ0) is 21.9. The number of amides is 2. The lowest BCUT2D eigenvalue weighted by Gasteiger charge is -2.24. The summed E-state index contributed by atoms with van der Waals surface area (Å²) < 4.78 is 17.4. The third-order valence-electron chi connectivity index (χ3n) is 4.90. The van der Waals surface area contributed by atoms with Crippen molar-refractivity contribution in [1.82, 2.24) is 10.2 Å². The molecule has 0 aliphatic carbocycles. The Hall–Kier alpha value is -3.22. The first kappa shape index (κ1) is 22.5. The van der Waals surface area contributed by atoms with Crippen molar-refractivity contribution in [3.05, 3.63) is 54.1 Å². The Morgan fingerprint density at radius 2 is 1.87 bits per heavy atom. The van der Waals surface area contributed by atoms with Crippen LogP contribution in [0.15, 0.2) is 48.5 Å². The molecule has 0 aromatic heterocycles. The minimum absolute atomic E-state index is 0.0463. The van der Waals surface area contributed by atoms with Crippen LogP contribution in [-0.2, 0) is 16.1 Å². The third-order valence-corrected chi connectivity index (χ3v) is 4.90. The number of carbonyl (C=O) groups excluding carboxylic acids is 2. The Morgan fingerprint density at radius 1 is 1.03 bits per heavy atom. The summed E-state index contributed by atoms with van der Waals surface area (Å²) in [7, 11) is 0. The van der Waals surface area contributed by atoms with E-state index in [0.29, 0.717) is 37.0 Å². The Balaban J connectivity index is 1.82. The van der Waals surface area contributed by atoms with Crippen molar-refractivity contribution >= 4 is 11.8 Å². The second kappa shape index (κ2) is 11.8. The number of carbonyl (C=O) groups is 2. The van der Waals surface area contributed by atoms with Gasteiger partial charge in [0.05, 0.1) is 26.3 Å². The van der Waals surface area contributed by atoms with Crippen molar-refractivity contribution in [3.8, 4) is 17.2 Å². The molecule has 31 heavy (non-hydrogen) atoms. The van der Waals surface area contributed by atoms with E-state index in [2.05, 4.69) is 5.32 Å². The number of para-hydroxylation sites is 2. The molecule has 1 aliphatic rings. The fourth-order valence-corrected chi connectivity index (χ4v) is 3.34. The lowest BCUT2D eigenvalue weighted by atomic mass is 10.1. The summed E-state index contributed by atoms with van der Waals surface area (Å²) in [5, 5.41) is 2.90. The molecule has 0 atom stereocenters. The van der Waals surface area contributed by atoms with E-state index in [1.54, 1.807) is 12.1 Å². The SMILES string of the molecule is CCOc1cccc2c1OCCCCCNC(=O)CN(C(=O)COc1ccccc1)C2. The van der Waals surface area contributed by atoms with Crippen molar-refractivity contribution in [3.63, 3.8) is 0 Å². The summed E-state index contributed by atoms with van der Waals surface area (Å²) in [6, 6.07) is 14.8. The first-order valence-electron chi connectivity index (χ1n) is 10.8. The number of benzene rings is 2. The Labute approximate surface area is 183 Å². The van der Waals surface area contributed by atoms with Gasteiger partial charge < -0.3 is 24.4 Å². The topological polar surface area (TPSA) is 77.1 Å². The molecule has 0 spiro atoms. The highest BCUT2D eigenvalue weighted by molar-refractivity contribution is 5.85. The van der Waals surface area contributed by atoms with Crippen molar-refractivity contribution in [2.45, 2.75) is 32.7 Å². The number of nitrogens with one attached hydrogen (secondary N) is 1. The minimum Gasteiger partial charge on any atom is -0.490 e. The highest BCUT2D eigenvalue weighted by atomic mass is 16.5. The van der Waals surface area contributed by atoms with Crippen LogP contribution in [0.4, 0.5) is 0 Å². The fraction of sp³-hybridized carbons (Fsp3) is 0.417. The average molecular weight is 427 g/mol. The van der Waals surface area contributed by atoms with Gasteiger partial charge in [0, 0.05) is 12.1 Å². The first-order valence-corrected chi connectivity index (χ1v) is 10.8. The van der Waals surface area contributed by atoms with E-state index >= 15 is 0 Å². The van der Waals surface area contributed by atoms with Crippen LogP contribution in [0.2, 0.25) is 0 Å². The van der Waals surface area contributed by atoms with Gasteiger partial charge >= 0.3 is 0 Å². The lowest BCUT2D eigenvalue weighted by Crippen LogP contribution is -2.42. The van der Waals surface area contributed by atoms with E-state index in [-0.39, 0.29) is 31.5 Å². The van der Waals surface area contributed by atoms with Crippen LogP contribution in [0.5, 0.6) is 17.2 Å². The largest absolute Gasteiger partial charge is 0.490 e. The van der Waals surface area contributed by atoms with Crippen molar-refractivity contribution < 1.29 is 23.8 Å². The molecule has 0 bridgehead atoms. The standard InChI is InChI=1S/C24H30N2O5/c1-2-29-21-13-9-10-19-16-26(23(28)18-31-20-11-5-3-6-12-20)17-22(27)25-14-7-4-8-15-30-24(19)21/h3,5-6,9-13H,2,4,7-8,14-18H2,1H3,(H,25,27). The van der Waals surface area contributed by atoms with Crippen LogP contribution in [0, 0.1) is 0 Å². The molecule has 0 saturated carbocycles. The molecule has 7 nitrogen and oxygen atoms in total. The molecule has 2 aromatic rings. The van der Waals surface area contributed by atoms with Crippen LogP contribution >= 0.6 is 0 Å². The van der Waals surface area contributed by atoms with Gasteiger partial charge in [0.2, 0.25) is 5.91 Å². The van der Waals surface area contributed by atoms with E-state index in [0.717, 1.165) is 24.8 Å². The second-order valence-electron chi connectivity index (χ2n) is 7.29. The molecule has 7 heteroatoms. The summed E-state index contributed by atoms with van der Waals surface area (Å²) >= 11 is 0. The monoisotopic (exact) mass is 426 g/mol. The number of hydrogen-bond donors (Lipinski definition) is 1. The molecule has 0 unspecified atom stereocenters. The third kappa shape index (κ3) is 6.91. The van der Waals surface area contributed by atoms with Gasteiger partial charge in [-0.1, -0.05) is 30.3 Å². The highest BCUT2D eigenvalue weighted by Crippen LogP contribution is 2.32. The molecular formula is C24H30N2O5. The van der Waals surface area contributed by atoms with Gasteiger partial charge in [-0.3, -0.25) is 9.59 Å². The predicted octanol–water partition coefficient (Wildman–Crippen LogP) is 3.17. The fourth-order valence-electron chi connectivity index (χ4n) is 3.34. The average Bonchev–Trinajstić information content (AvgIpc) is 2.79. The predicted molar refractivity (Wildman–Crippen MR) is 117 cm³/mol. The number of fused-ring (bicyclic) bond motifs is 1. The summed E-state index contributed by atoms with van der Waals surface area (Å²) in [5.41, 5.74) is 0.797. The van der Waals surface area contributed by atoms with Crippen LogP contribution < -0.4 is 19.5 Å². The smallest absolute Gasteiger partial charge is 0.261 e. The van der Waals surface area contributed by atoms with Gasteiger partial charge in [-0.15, -0.1) is 0 Å². The van der Waals surface area contributed by atoms with Crippen LogP contribution in [0.1, 0.15) is 31.7 Å². The van der Waals surface area contributed by atoms with Gasteiger partial charge in [0.1, 0.15) is 5.75 Å². The van der Waals surface area contributed by atoms with Crippen molar-refractivity contribution in [1.29, 1.82) is 0 Å². The van der Waals surface area contributed by atoms with Gasteiger partial charge in [-0.25, -0.2) is 0 Å². The molecule has 3 rings (SSSR count). The molecule has 2 amide bonds.